The molecule has 2 heterocycles. The number of benzene rings is 1. The van der Waals surface area contributed by atoms with Crippen LogP contribution in [0.4, 0.5) is 11.4 Å². The maximum atomic E-state index is 12.1. The van der Waals surface area contributed by atoms with Gasteiger partial charge in [0.05, 0.1) is 4.92 Å². The summed E-state index contributed by atoms with van der Waals surface area (Å²) in [6.07, 6.45) is 4.84. The normalized spacial score (nSPS) is 10.3. The molecule has 0 atom stereocenters. The molecule has 0 aliphatic heterocycles. The first kappa shape index (κ1) is 14.3. The third-order valence-electron chi connectivity index (χ3n) is 3.00. The molecule has 1 N–H and O–H groups in total. The van der Waals surface area contributed by atoms with Gasteiger partial charge in [0.15, 0.2) is 11.5 Å². The summed E-state index contributed by atoms with van der Waals surface area (Å²) < 4.78 is 1.64. The zero-order chi connectivity index (χ0) is 16.2. The Balaban J connectivity index is 1.80. The van der Waals surface area contributed by atoms with Gasteiger partial charge in [0.1, 0.15) is 12.0 Å². The summed E-state index contributed by atoms with van der Waals surface area (Å²) in [7, 11) is 0. The molecule has 23 heavy (non-hydrogen) atoms. The maximum absolute atomic E-state index is 12.1. The van der Waals surface area contributed by atoms with Crippen LogP contribution in [0.15, 0.2) is 55.1 Å². The van der Waals surface area contributed by atoms with Crippen molar-refractivity contribution in [3.63, 3.8) is 0 Å². The fraction of sp³-hybridized carbons (Fsp3) is 0. The van der Waals surface area contributed by atoms with Crippen LogP contribution in [0, 0.1) is 10.1 Å². The van der Waals surface area contributed by atoms with Crippen LogP contribution >= 0.6 is 0 Å². The highest BCUT2D eigenvalue weighted by atomic mass is 16.6. The molecule has 0 bridgehead atoms. The predicted octanol–water partition coefficient (Wildman–Crippen LogP) is 1.82. The number of nitrogens with zero attached hydrogens (tertiary/aromatic N) is 5. The second kappa shape index (κ2) is 6.02. The summed E-state index contributed by atoms with van der Waals surface area (Å²) in [5.41, 5.74) is -0.0427. The lowest BCUT2D eigenvalue weighted by molar-refractivity contribution is -0.383. The van der Waals surface area contributed by atoms with Crippen LogP contribution in [-0.2, 0) is 0 Å². The van der Waals surface area contributed by atoms with Gasteiger partial charge in [-0.05, 0) is 18.2 Å². The van der Waals surface area contributed by atoms with Crippen LogP contribution in [0.3, 0.4) is 0 Å². The summed E-state index contributed by atoms with van der Waals surface area (Å²) in [6.45, 7) is 0. The number of carbonyl (C=O) groups excluding carboxylic acids is 1. The first-order chi connectivity index (χ1) is 11.1. The predicted molar refractivity (Wildman–Crippen MR) is 80.2 cm³/mol. The maximum Gasteiger partial charge on any atom is 0.292 e. The molecule has 1 amide bonds. The van der Waals surface area contributed by atoms with E-state index in [1.807, 2.05) is 0 Å². The molecular weight excluding hydrogens is 300 g/mol. The monoisotopic (exact) mass is 310 g/mol. The van der Waals surface area contributed by atoms with Gasteiger partial charge in [-0.3, -0.25) is 19.5 Å². The van der Waals surface area contributed by atoms with E-state index in [0.29, 0.717) is 5.82 Å². The number of hydrogen-bond acceptors (Lipinski definition) is 6. The van der Waals surface area contributed by atoms with Crippen molar-refractivity contribution in [1.29, 1.82) is 0 Å². The SMILES string of the molecule is O=C(Nc1ccccc1[N+](=O)[O-])c1ccc(-n2ccnc2)nn1. The molecular formula is C14H10N6O3. The number of rotatable bonds is 4. The molecule has 3 rings (SSSR count). The molecule has 114 valence electrons. The Labute approximate surface area is 129 Å². The second-order valence-corrected chi connectivity index (χ2v) is 4.48. The molecule has 0 aliphatic rings. The number of nitro groups is 1. The van der Waals surface area contributed by atoms with Crippen LogP contribution in [0.25, 0.3) is 5.82 Å². The number of anilines is 1. The van der Waals surface area contributed by atoms with Gasteiger partial charge in [0.2, 0.25) is 0 Å². The van der Waals surface area contributed by atoms with Gasteiger partial charge < -0.3 is 5.32 Å². The largest absolute Gasteiger partial charge is 0.315 e. The van der Waals surface area contributed by atoms with E-state index in [4.69, 9.17) is 0 Å². The molecule has 3 aromatic rings. The number of nitro benzene ring substituents is 1. The van der Waals surface area contributed by atoms with E-state index in [9.17, 15) is 14.9 Å². The summed E-state index contributed by atoms with van der Waals surface area (Å²) in [5.74, 6) is -0.0753. The molecule has 9 nitrogen and oxygen atoms in total. The molecule has 0 saturated carbocycles. The third-order valence-corrected chi connectivity index (χ3v) is 3.00. The van der Waals surface area contributed by atoms with Crippen LogP contribution in [0.1, 0.15) is 10.5 Å². The molecule has 2 aromatic heterocycles. The lowest BCUT2D eigenvalue weighted by Crippen LogP contribution is -2.15. The average Bonchev–Trinajstić information content (AvgIpc) is 3.10. The van der Waals surface area contributed by atoms with Crippen molar-refractivity contribution in [3.8, 4) is 5.82 Å². The van der Waals surface area contributed by atoms with Crippen LogP contribution in [0.5, 0.6) is 0 Å². The molecule has 0 radical (unpaired) electrons. The molecule has 9 heteroatoms. The Morgan fingerprint density at radius 3 is 2.65 bits per heavy atom. The van der Waals surface area contributed by atoms with Crippen LogP contribution < -0.4 is 5.32 Å². The molecule has 0 aliphatic carbocycles. The average molecular weight is 310 g/mol. The Morgan fingerprint density at radius 1 is 1.17 bits per heavy atom. The van der Waals surface area contributed by atoms with Gasteiger partial charge >= 0.3 is 0 Å². The van der Waals surface area contributed by atoms with Gasteiger partial charge in [-0.15, -0.1) is 10.2 Å². The fourth-order valence-corrected chi connectivity index (χ4v) is 1.90. The van der Waals surface area contributed by atoms with Crippen molar-refractivity contribution < 1.29 is 9.72 Å². The summed E-state index contributed by atoms with van der Waals surface area (Å²) in [6, 6.07) is 8.95. The third kappa shape index (κ3) is 3.02. The van der Waals surface area contributed by atoms with Crippen LogP contribution in [0.2, 0.25) is 0 Å². The van der Waals surface area contributed by atoms with Gasteiger partial charge in [-0.2, -0.15) is 0 Å². The fourth-order valence-electron chi connectivity index (χ4n) is 1.90. The standard InChI is InChI=1S/C14H10N6O3/c21-14(16-10-3-1-2-4-12(10)20(22)23)11-5-6-13(18-17-11)19-8-7-15-9-19/h1-9H,(H,16,21). The van der Waals surface area contributed by atoms with E-state index in [1.165, 1.54) is 24.3 Å². The zero-order valence-corrected chi connectivity index (χ0v) is 11.7. The molecule has 0 fully saturated rings. The summed E-state index contributed by atoms with van der Waals surface area (Å²) in [4.78, 5) is 26.4. The summed E-state index contributed by atoms with van der Waals surface area (Å²) >= 11 is 0. The van der Waals surface area contributed by atoms with Gasteiger partial charge in [0, 0.05) is 18.5 Å². The minimum absolute atomic E-state index is 0.0482. The zero-order valence-electron chi connectivity index (χ0n) is 11.7. The topological polar surface area (TPSA) is 116 Å². The van der Waals surface area contributed by atoms with Gasteiger partial charge in [-0.1, -0.05) is 12.1 Å². The molecule has 1 aromatic carbocycles. The van der Waals surface area contributed by atoms with E-state index < -0.39 is 10.8 Å². The first-order valence-corrected chi connectivity index (χ1v) is 6.52. The van der Waals surface area contributed by atoms with Gasteiger partial charge in [-0.25, -0.2) is 4.98 Å². The number of nitrogens with one attached hydrogen (secondary N) is 1. The van der Waals surface area contributed by atoms with E-state index in [1.54, 1.807) is 35.4 Å². The number of amides is 1. The number of aromatic nitrogens is 4. The minimum atomic E-state index is -0.580. The highest BCUT2D eigenvalue weighted by Gasteiger charge is 2.16. The van der Waals surface area contributed by atoms with Crippen molar-refractivity contribution >= 4 is 17.3 Å². The van der Waals surface area contributed by atoms with Crippen molar-refractivity contribution in [2.45, 2.75) is 0 Å². The van der Waals surface area contributed by atoms with E-state index in [-0.39, 0.29) is 17.1 Å². The molecule has 0 saturated heterocycles. The smallest absolute Gasteiger partial charge is 0.292 e. The lowest BCUT2D eigenvalue weighted by atomic mass is 10.2. The number of hydrogen-bond donors (Lipinski definition) is 1. The van der Waals surface area contributed by atoms with Crippen molar-refractivity contribution in [3.05, 3.63) is 70.9 Å². The Hall–Kier alpha value is -3.62. The van der Waals surface area contributed by atoms with E-state index in [2.05, 4.69) is 20.5 Å². The second-order valence-electron chi connectivity index (χ2n) is 4.48. The Morgan fingerprint density at radius 2 is 2.00 bits per heavy atom. The minimum Gasteiger partial charge on any atom is -0.315 e. The summed E-state index contributed by atoms with van der Waals surface area (Å²) in [5, 5.41) is 21.1. The highest BCUT2D eigenvalue weighted by molar-refractivity contribution is 6.03. The molecule has 0 spiro atoms. The lowest BCUT2D eigenvalue weighted by Gasteiger charge is -2.05. The van der Waals surface area contributed by atoms with Crippen molar-refractivity contribution in [2.75, 3.05) is 5.32 Å². The van der Waals surface area contributed by atoms with E-state index >= 15 is 0 Å². The van der Waals surface area contributed by atoms with E-state index in [0.717, 1.165) is 0 Å². The van der Waals surface area contributed by atoms with Crippen molar-refractivity contribution in [2.24, 2.45) is 0 Å². The number of imidazole rings is 1. The quantitative estimate of drug-likeness (QED) is 0.580. The first-order valence-electron chi connectivity index (χ1n) is 6.52. The Bertz CT molecular complexity index is 845. The van der Waals surface area contributed by atoms with Crippen molar-refractivity contribution in [1.82, 2.24) is 19.7 Å². The van der Waals surface area contributed by atoms with Crippen LogP contribution in [-0.4, -0.2) is 30.6 Å². The number of carbonyl (C=O) groups is 1. The molecule has 0 unspecified atom stereocenters. The van der Waals surface area contributed by atoms with Gasteiger partial charge in [0.25, 0.3) is 11.6 Å². The highest BCUT2D eigenvalue weighted by Crippen LogP contribution is 2.23. The Kier molecular flexibility index (Phi) is 3.75. The number of para-hydroxylation sites is 2.